The molecule has 3 unspecified atom stereocenters. The lowest BCUT2D eigenvalue weighted by Gasteiger charge is -2.43. The second-order valence-electron chi connectivity index (χ2n) is 5.31. The number of rotatable bonds is 5. The molecule has 0 amide bonds. The van der Waals surface area contributed by atoms with Crippen LogP contribution >= 0.6 is 0 Å². The Morgan fingerprint density at radius 2 is 2.29 bits per heavy atom. The summed E-state index contributed by atoms with van der Waals surface area (Å²) in [5.41, 5.74) is -1.24. The Balaban J connectivity index is 2.31. The van der Waals surface area contributed by atoms with Gasteiger partial charge in [-0.25, -0.2) is 0 Å². The molecule has 0 N–H and O–H groups in total. The van der Waals surface area contributed by atoms with Crippen molar-refractivity contribution in [2.75, 3.05) is 27.1 Å². The molecule has 2 heterocycles. The summed E-state index contributed by atoms with van der Waals surface area (Å²) in [4.78, 5) is 14.0. The van der Waals surface area contributed by atoms with Gasteiger partial charge in [0.05, 0.1) is 23.7 Å². The minimum atomic E-state index is -3.65. The number of hydrogen-bond acceptors (Lipinski definition) is 4. The fourth-order valence-electron chi connectivity index (χ4n) is 2.69. The number of piperidine rings is 1. The van der Waals surface area contributed by atoms with Gasteiger partial charge in [-0.05, 0) is 41.9 Å². The van der Waals surface area contributed by atoms with Gasteiger partial charge in [0.2, 0.25) is 0 Å². The van der Waals surface area contributed by atoms with E-state index in [-0.39, 0.29) is 0 Å². The highest BCUT2D eigenvalue weighted by Crippen LogP contribution is 2.42. The van der Waals surface area contributed by atoms with Gasteiger partial charge in [-0.2, -0.15) is 0 Å². The lowest BCUT2D eigenvalue weighted by atomic mass is 9.79. The second kappa shape index (κ2) is 7.14. The van der Waals surface area contributed by atoms with E-state index in [0.717, 1.165) is 6.07 Å². The van der Waals surface area contributed by atoms with Crippen LogP contribution in [-0.2, 0) is 11.2 Å². The summed E-state index contributed by atoms with van der Waals surface area (Å²) in [6.07, 6.45) is -10.9. The number of aryl methyl sites for hydroxylation is 1. The van der Waals surface area contributed by atoms with Crippen molar-refractivity contribution < 1.29 is 40.3 Å². The summed E-state index contributed by atoms with van der Waals surface area (Å²) < 4.78 is 163. The van der Waals surface area contributed by atoms with Crippen molar-refractivity contribution in [2.45, 2.75) is 45.3 Å². The van der Waals surface area contributed by atoms with Crippen LogP contribution in [0.5, 0.6) is 11.5 Å². The molecule has 4 heteroatoms. The molecule has 1 saturated heterocycles. The topological polar surface area (TPSA) is 38.8 Å². The van der Waals surface area contributed by atoms with Gasteiger partial charge in [0.25, 0.3) is 0 Å². The van der Waals surface area contributed by atoms with E-state index >= 15 is 0 Å². The van der Waals surface area contributed by atoms with Gasteiger partial charge in [0.1, 0.15) is 5.78 Å². The highest BCUT2D eigenvalue weighted by atomic mass is 16.5. The Bertz CT molecular complexity index is 1260. The fraction of sp³-hybridized carbons (Fsp3) is 0.650. The van der Waals surface area contributed by atoms with Crippen LogP contribution < -0.4 is 9.47 Å². The predicted octanol–water partition coefficient (Wildman–Crippen LogP) is 3.63. The van der Waals surface area contributed by atoms with Crippen LogP contribution in [0.25, 0.3) is 0 Å². The lowest BCUT2D eigenvalue weighted by Crippen LogP contribution is -2.46. The van der Waals surface area contributed by atoms with E-state index in [0.29, 0.717) is 17.9 Å². The van der Waals surface area contributed by atoms with Gasteiger partial charge in [-0.3, -0.25) is 9.69 Å². The quantitative estimate of drug-likeness (QED) is 0.813. The molecule has 3 atom stereocenters. The maximum atomic E-state index is 13.5. The number of hydrogen-bond donors (Lipinski definition) is 0. The van der Waals surface area contributed by atoms with Crippen LogP contribution in [0, 0.1) is 11.8 Å². The molecular weight excluding hydrogens is 302 g/mol. The molecule has 1 aromatic rings. The van der Waals surface area contributed by atoms with Gasteiger partial charge >= 0.3 is 0 Å². The highest BCUT2D eigenvalue weighted by molar-refractivity contribution is 5.83. The largest absolute Gasteiger partial charge is 0.493 e. The van der Waals surface area contributed by atoms with Crippen LogP contribution in [-0.4, -0.2) is 37.8 Å². The SMILES string of the molecule is [2H]C([2H])([2H])Oc1cc2c(cc1OC([2H])([2H])[2H])C([2H])([2H])C([2H])([2H])N1CC(C([2H])([2H])C([2H])(C([2H])([2H])[2H])C([2H])([2H])C)C(=O)CC21[2H]. The summed E-state index contributed by atoms with van der Waals surface area (Å²) >= 11 is 0. The Kier molecular flexibility index (Phi) is 1.63. The molecule has 4 nitrogen and oxygen atoms in total. The molecule has 3 rings (SSSR count). The second-order valence-corrected chi connectivity index (χ2v) is 5.31. The predicted molar refractivity (Wildman–Crippen MR) is 94.8 cm³/mol. The van der Waals surface area contributed by atoms with Gasteiger partial charge in [-0.1, -0.05) is 20.1 Å². The van der Waals surface area contributed by atoms with E-state index in [1.54, 1.807) is 0 Å². The van der Waals surface area contributed by atoms with Crippen molar-refractivity contribution in [1.29, 1.82) is 0 Å². The van der Waals surface area contributed by atoms with E-state index in [9.17, 15) is 6.17 Å². The molecule has 132 valence electrons. The normalized spacial score (nSPS) is 48.0. The minimum Gasteiger partial charge on any atom is -0.493 e. The monoisotopic (exact) mass is 350 g/mol. The van der Waals surface area contributed by atoms with E-state index in [2.05, 4.69) is 0 Å². The Morgan fingerprint density at radius 3 is 3.00 bits per heavy atom. The van der Waals surface area contributed by atoms with Gasteiger partial charge in [0, 0.05) is 47.8 Å². The third-order valence-corrected chi connectivity index (χ3v) is 3.93. The molecule has 2 aliphatic heterocycles. The first-order valence-corrected chi connectivity index (χ1v) is 7.13. The zero-order valence-corrected chi connectivity index (χ0v) is 12.8. The number of carbonyl (C=O) groups excluding carboxylic acids is 1. The first-order chi connectivity index (χ1) is 18.8. The third kappa shape index (κ3) is 3.16. The van der Waals surface area contributed by atoms with Gasteiger partial charge in [0.15, 0.2) is 11.5 Å². The zero-order valence-electron chi connectivity index (χ0n) is 31.8. The fourth-order valence-corrected chi connectivity index (χ4v) is 2.69. The summed E-state index contributed by atoms with van der Waals surface area (Å²) in [7, 11) is -6.42. The number of carbonyl (C=O) groups is 1. The Labute approximate surface area is 171 Å². The summed E-state index contributed by atoms with van der Waals surface area (Å²) in [5, 5.41) is 0. The third-order valence-electron chi connectivity index (χ3n) is 3.93. The molecule has 0 bridgehead atoms. The molecule has 0 aromatic heterocycles. The van der Waals surface area contributed by atoms with Crippen LogP contribution in [0.2, 0.25) is 0 Å². The first kappa shape index (κ1) is 5.47. The maximum Gasteiger partial charge on any atom is 0.161 e. The van der Waals surface area contributed by atoms with Crippen molar-refractivity contribution in [3.8, 4) is 11.5 Å². The first-order valence-electron chi connectivity index (χ1n) is 16.6. The molecule has 0 saturated carbocycles. The molecule has 0 spiro atoms. The maximum absolute atomic E-state index is 13.5. The molecule has 24 heavy (non-hydrogen) atoms. The van der Waals surface area contributed by atoms with Gasteiger partial charge in [-0.15, -0.1) is 0 Å². The standard InChI is InChI=1S/C20H29NO3/c1-5-13(2)8-15-12-21-7-6-14-9-19(23-3)20(24-4)10-16(14)17(21)11-18(15)22/h9-10,13,15,17H,5-8,11-12H2,1-4H3/i2D3,3D3,4D3,5D2,6D2,7D2,8D2,13D,17D. The van der Waals surface area contributed by atoms with E-state index < -0.39 is 106 Å². The van der Waals surface area contributed by atoms with Crippen LogP contribution in [0.1, 0.15) is 76.1 Å². The lowest BCUT2D eigenvalue weighted by molar-refractivity contribution is -0.129. The molecule has 2 aliphatic rings. The number of fused-ring (bicyclic) bond motifs is 3. The summed E-state index contributed by atoms with van der Waals surface area (Å²) in [6, 6.07) is -1.24. The van der Waals surface area contributed by atoms with Crippen molar-refractivity contribution >= 4 is 5.78 Å². The Morgan fingerprint density at radius 1 is 1.50 bits per heavy atom. The minimum absolute atomic E-state index is 0.431. The number of methoxy groups -OCH3 is 2. The average molecular weight is 351 g/mol. The molecule has 1 fully saturated rings. The molecular formula is C20H29NO3. The van der Waals surface area contributed by atoms with Crippen molar-refractivity contribution in [2.24, 2.45) is 11.8 Å². The highest BCUT2D eigenvalue weighted by Gasteiger charge is 2.38. The van der Waals surface area contributed by atoms with Crippen molar-refractivity contribution in [3.63, 3.8) is 0 Å². The number of benzene rings is 1. The number of ether oxygens (including phenoxy) is 2. The Hall–Kier alpha value is -1.55. The number of ketones is 1. The summed E-state index contributed by atoms with van der Waals surface area (Å²) in [5.74, 6) is -8.67. The van der Waals surface area contributed by atoms with Crippen LogP contribution in [0.4, 0.5) is 0 Å². The van der Waals surface area contributed by atoms with Crippen molar-refractivity contribution in [1.82, 2.24) is 4.90 Å². The number of nitrogens with zero attached hydrogens (tertiary/aromatic N) is 1. The molecule has 1 aromatic carbocycles. The van der Waals surface area contributed by atoms with E-state index in [1.165, 1.54) is 0 Å². The van der Waals surface area contributed by atoms with Gasteiger partial charge < -0.3 is 9.47 Å². The molecule has 0 radical (unpaired) electrons. The van der Waals surface area contributed by atoms with Crippen LogP contribution in [0.15, 0.2) is 12.1 Å². The number of Topliss-reactive ketones (excluding diaryl/α,β-unsaturated/α-hetero) is 1. The van der Waals surface area contributed by atoms with E-state index in [1.807, 2.05) is 0 Å². The van der Waals surface area contributed by atoms with Crippen molar-refractivity contribution in [3.05, 3.63) is 23.3 Å². The average Bonchev–Trinajstić information content (AvgIpc) is 2.74. The molecule has 0 aliphatic carbocycles. The van der Waals surface area contributed by atoms with E-state index in [4.69, 9.17) is 34.1 Å². The van der Waals surface area contributed by atoms with Crippen LogP contribution in [0.3, 0.4) is 0 Å². The smallest absolute Gasteiger partial charge is 0.161 e. The zero-order chi connectivity index (χ0) is 33.8. The summed E-state index contributed by atoms with van der Waals surface area (Å²) in [6.45, 7) is -7.48.